The van der Waals surface area contributed by atoms with Crippen LogP contribution in [0.3, 0.4) is 0 Å². The Kier molecular flexibility index (Phi) is 7.82. The third-order valence-corrected chi connectivity index (χ3v) is 4.98. The Morgan fingerprint density at radius 3 is 2.33 bits per heavy atom. The number of sulfonamides is 1. The summed E-state index contributed by atoms with van der Waals surface area (Å²) in [5, 5.41) is 2.61. The lowest BCUT2D eigenvalue weighted by molar-refractivity contribution is -0.114. The van der Waals surface area contributed by atoms with E-state index in [1.165, 1.54) is 6.07 Å². The first kappa shape index (κ1) is 23.2. The normalized spacial score (nSPS) is 11.1. The molecular formula is C21H26N2O6S. The van der Waals surface area contributed by atoms with Crippen LogP contribution in [0.5, 0.6) is 5.75 Å². The van der Waals surface area contributed by atoms with Crippen molar-refractivity contribution in [3.8, 4) is 5.75 Å². The van der Waals surface area contributed by atoms with Crippen molar-refractivity contribution in [2.75, 3.05) is 29.0 Å². The van der Waals surface area contributed by atoms with Gasteiger partial charge in [-0.1, -0.05) is 6.07 Å². The van der Waals surface area contributed by atoms with Crippen LogP contribution < -0.4 is 14.4 Å². The van der Waals surface area contributed by atoms with Crippen molar-refractivity contribution in [3.63, 3.8) is 0 Å². The van der Waals surface area contributed by atoms with Crippen LogP contribution in [0.1, 0.15) is 31.1 Å². The van der Waals surface area contributed by atoms with Gasteiger partial charge >= 0.3 is 5.97 Å². The molecule has 0 aliphatic heterocycles. The molecule has 1 N–H and O–H groups in total. The van der Waals surface area contributed by atoms with Crippen molar-refractivity contribution in [3.05, 3.63) is 54.1 Å². The van der Waals surface area contributed by atoms with Crippen molar-refractivity contribution in [1.29, 1.82) is 0 Å². The maximum atomic E-state index is 12.5. The molecule has 2 aromatic carbocycles. The molecule has 1 amide bonds. The lowest BCUT2D eigenvalue weighted by atomic mass is 10.2. The molecule has 2 aromatic rings. The smallest absolute Gasteiger partial charge is 0.338 e. The van der Waals surface area contributed by atoms with E-state index in [1.54, 1.807) is 49.4 Å². The number of nitrogens with zero attached hydrogens (tertiary/aromatic N) is 1. The minimum Gasteiger partial charge on any atom is -0.491 e. The van der Waals surface area contributed by atoms with E-state index in [4.69, 9.17) is 9.47 Å². The fourth-order valence-electron chi connectivity index (χ4n) is 2.63. The summed E-state index contributed by atoms with van der Waals surface area (Å²) in [6.07, 6.45) is 1.01. The second-order valence-corrected chi connectivity index (χ2v) is 8.69. The van der Waals surface area contributed by atoms with Gasteiger partial charge in [-0.2, -0.15) is 0 Å². The van der Waals surface area contributed by atoms with Gasteiger partial charge in [-0.25, -0.2) is 13.2 Å². The number of carbonyl (C=O) groups is 2. The van der Waals surface area contributed by atoms with Gasteiger partial charge in [0.2, 0.25) is 15.9 Å². The second kappa shape index (κ2) is 10.1. The predicted octanol–water partition coefficient (Wildman–Crippen LogP) is 3.06. The minimum atomic E-state index is -3.71. The standard InChI is InChI=1S/C21H26N2O6S/c1-5-28-21(25)16-7-6-8-17(13-16)22-20(24)14-23(30(4,26)27)18-9-11-19(12-10-18)29-15(2)3/h6-13,15H,5,14H2,1-4H3,(H,22,24). The highest BCUT2D eigenvalue weighted by Crippen LogP contribution is 2.22. The average Bonchev–Trinajstić information content (AvgIpc) is 2.66. The van der Waals surface area contributed by atoms with E-state index < -0.39 is 28.4 Å². The lowest BCUT2D eigenvalue weighted by Gasteiger charge is -2.22. The summed E-state index contributed by atoms with van der Waals surface area (Å²) in [6.45, 7) is 5.29. The number of carbonyl (C=O) groups excluding carboxylic acids is 2. The van der Waals surface area contributed by atoms with E-state index in [2.05, 4.69) is 5.32 Å². The largest absolute Gasteiger partial charge is 0.491 e. The van der Waals surface area contributed by atoms with Crippen LogP contribution >= 0.6 is 0 Å². The third-order valence-electron chi connectivity index (χ3n) is 3.84. The predicted molar refractivity (Wildman–Crippen MR) is 115 cm³/mol. The van der Waals surface area contributed by atoms with E-state index in [-0.39, 0.29) is 18.3 Å². The van der Waals surface area contributed by atoms with Gasteiger partial charge in [-0.15, -0.1) is 0 Å². The quantitative estimate of drug-likeness (QED) is 0.609. The molecule has 0 radical (unpaired) electrons. The molecule has 162 valence electrons. The van der Waals surface area contributed by atoms with Gasteiger partial charge in [0.25, 0.3) is 0 Å². The Hall–Kier alpha value is -3.07. The zero-order valence-electron chi connectivity index (χ0n) is 17.4. The summed E-state index contributed by atoms with van der Waals surface area (Å²) in [7, 11) is -3.71. The molecule has 0 aliphatic carbocycles. The van der Waals surface area contributed by atoms with Crippen LogP contribution in [-0.4, -0.2) is 45.8 Å². The maximum absolute atomic E-state index is 12.5. The van der Waals surface area contributed by atoms with Gasteiger partial charge < -0.3 is 14.8 Å². The topological polar surface area (TPSA) is 102 Å². The summed E-state index contributed by atoms with van der Waals surface area (Å²) in [6, 6.07) is 12.7. The SMILES string of the molecule is CCOC(=O)c1cccc(NC(=O)CN(c2ccc(OC(C)C)cc2)S(C)(=O)=O)c1. The van der Waals surface area contributed by atoms with Gasteiger partial charge in [0, 0.05) is 5.69 Å². The van der Waals surface area contributed by atoms with E-state index in [9.17, 15) is 18.0 Å². The van der Waals surface area contributed by atoms with Crippen molar-refractivity contribution in [2.45, 2.75) is 26.9 Å². The van der Waals surface area contributed by atoms with Gasteiger partial charge in [0.05, 0.1) is 30.2 Å². The van der Waals surface area contributed by atoms with Gasteiger partial charge in [0.1, 0.15) is 12.3 Å². The Morgan fingerprint density at radius 1 is 1.10 bits per heavy atom. The molecule has 0 heterocycles. The molecule has 0 saturated carbocycles. The Morgan fingerprint density at radius 2 is 1.77 bits per heavy atom. The molecule has 0 atom stereocenters. The molecule has 0 saturated heterocycles. The fourth-order valence-corrected chi connectivity index (χ4v) is 3.49. The molecule has 8 nitrogen and oxygen atoms in total. The van der Waals surface area contributed by atoms with Crippen molar-refractivity contribution in [1.82, 2.24) is 0 Å². The monoisotopic (exact) mass is 434 g/mol. The molecule has 0 bridgehead atoms. The van der Waals surface area contributed by atoms with Crippen LogP contribution in [-0.2, 0) is 19.6 Å². The van der Waals surface area contributed by atoms with E-state index >= 15 is 0 Å². The van der Waals surface area contributed by atoms with E-state index in [0.717, 1.165) is 10.6 Å². The van der Waals surface area contributed by atoms with E-state index in [1.807, 2.05) is 13.8 Å². The third kappa shape index (κ3) is 6.77. The number of amides is 1. The lowest BCUT2D eigenvalue weighted by Crippen LogP contribution is -2.37. The molecule has 9 heteroatoms. The highest BCUT2D eigenvalue weighted by Gasteiger charge is 2.21. The van der Waals surface area contributed by atoms with Gasteiger partial charge in [-0.05, 0) is 63.2 Å². The first-order chi connectivity index (χ1) is 14.1. The van der Waals surface area contributed by atoms with Crippen LogP contribution in [0.2, 0.25) is 0 Å². The molecule has 0 unspecified atom stereocenters. The maximum Gasteiger partial charge on any atom is 0.338 e. The number of hydrogen-bond donors (Lipinski definition) is 1. The first-order valence-electron chi connectivity index (χ1n) is 9.41. The summed E-state index contributed by atoms with van der Waals surface area (Å²) in [5.74, 6) is -0.457. The molecule has 30 heavy (non-hydrogen) atoms. The average molecular weight is 435 g/mol. The Bertz CT molecular complexity index is 987. The molecule has 2 rings (SSSR count). The minimum absolute atomic E-state index is 0.0157. The number of anilines is 2. The number of esters is 1. The summed E-state index contributed by atoms with van der Waals surface area (Å²) >= 11 is 0. The summed E-state index contributed by atoms with van der Waals surface area (Å²) in [5.41, 5.74) is 0.985. The second-order valence-electron chi connectivity index (χ2n) is 6.78. The first-order valence-corrected chi connectivity index (χ1v) is 11.3. The summed E-state index contributed by atoms with van der Waals surface area (Å²) < 4.78 is 36.0. The van der Waals surface area contributed by atoms with Gasteiger partial charge in [0.15, 0.2) is 0 Å². The number of ether oxygens (including phenoxy) is 2. The molecular weight excluding hydrogens is 408 g/mol. The van der Waals surface area contributed by atoms with Gasteiger partial charge in [-0.3, -0.25) is 9.10 Å². The summed E-state index contributed by atoms with van der Waals surface area (Å²) in [4.78, 5) is 24.3. The van der Waals surface area contributed by atoms with Crippen LogP contribution in [0.15, 0.2) is 48.5 Å². The molecule has 0 spiro atoms. The molecule has 0 aromatic heterocycles. The zero-order valence-corrected chi connectivity index (χ0v) is 18.2. The van der Waals surface area contributed by atoms with Crippen LogP contribution in [0.25, 0.3) is 0 Å². The van der Waals surface area contributed by atoms with Crippen molar-refractivity contribution in [2.24, 2.45) is 0 Å². The van der Waals surface area contributed by atoms with Crippen molar-refractivity contribution < 1.29 is 27.5 Å². The fraction of sp³-hybridized carbons (Fsp3) is 0.333. The highest BCUT2D eigenvalue weighted by atomic mass is 32.2. The number of benzene rings is 2. The Balaban J connectivity index is 2.15. The van der Waals surface area contributed by atoms with Crippen LogP contribution in [0, 0.1) is 0 Å². The molecule has 0 fully saturated rings. The van der Waals surface area contributed by atoms with Crippen molar-refractivity contribution >= 4 is 33.3 Å². The Labute approximate surface area is 176 Å². The number of hydrogen-bond acceptors (Lipinski definition) is 6. The van der Waals surface area contributed by atoms with Crippen LogP contribution in [0.4, 0.5) is 11.4 Å². The molecule has 0 aliphatic rings. The number of nitrogens with one attached hydrogen (secondary N) is 1. The van der Waals surface area contributed by atoms with E-state index in [0.29, 0.717) is 17.1 Å². The number of rotatable bonds is 9. The zero-order chi connectivity index (χ0) is 22.3. The highest BCUT2D eigenvalue weighted by molar-refractivity contribution is 7.92.